The standard InChI is InChI=1S/C25H24O5/c1-26-15-28-17-30-23-14-12-19-8-4-6-10-21(19)25(23)24-20-9-5-3-7-18(20)11-13-22(24)29-16-27-2/h3-14H,15-17H2,1-2H3. The van der Waals surface area contributed by atoms with E-state index >= 15 is 0 Å². The molecule has 0 bridgehead atoms. The lowest BCUT2D eigenvalue weighted by Crippen LogP contribution is -2.06. The quantitative estimate of drug-likeness (QED) is 0.268. The van der Waals surface area contributed by atoms with E-state index < -0.39 is 0 Å². The Bertz CT molecular complexity index is 1140. The molecule has 0 heterocycles. The van der Waals surface area contributed by atoms with Crippen LogP contribution in [0, 0.1) is 0 Å². The van der Waals surface area contributed by atoms with Crippen molar-refractivity contribution in [1.82, 2.24) is 0 Å². The minimum absolute atomic E-state index is 0.0816. The first-order chi connectivity index (χ1) is 14.8. The zero-order valence-corrected chi connectivity index (χ0v) is 17.1. The maximum atomic E-state index is 6.02. The molecule has 0 saturated carbocycles. The lowest BCUT2D eigenvalue weighted by atomic mass is 9.92. The lowest BCUT2D eigenvalue weighted by Gasteiger charge is -2.19. The normalized spacial score (nSPS) is 11.1. The summed E-state index contributed by atoms with van der Waals surface area (Å²) in [4.78, 5) is 0. The van der Waals surface area contributed by atoms with E-state index in [9.17, 15) is 0 Å². The summed E-state index contributed by atoms with van der Waals surface area (Å²) < 4.78 is 27.5. The van der Waals surface area contributed by atoms with Crippen LogP contribution >= 0.6 is 0 Å². The zero-order chi connectivity index (χ0) is 20.8. The van der Waals surface area contributed by atoms with Crippen molar-refractivity contribution < 1.29 is 23.7 Å². The van der Waals surface area contributed by atoms with Crippen molar-refractivity contribution >= 4 is 21.5 Å². The Kier molecular flexibility index (Phi) is 6.44. The van der Waals surface area contributed by atoms with Crippen molar-refractivity contribution in [2.24, 2.45) is 0 Å². The van der Waals surface area contributed by atoms with Gasteiger partial charge in [0, 0.05) is 25.3 Å². The van der Waals surface area contributed by atoms with Gasteiger partial charge in [-0.15, -0.1) is 0 Å². The van der Waals surface area contributed by atoms with Crippen LogP contribution in [-0.2, 0) is 14.2 Å². The van der Waals surface area contributed by atoms with E-state index in [1.54, 1.807) is 14.2 Å². The third-order valence-corrected chi connectivity index (χ3v) is 4.86. The lowest BCUT2D eigenvalue weighted by molar-refractivity contribution is -0.0833. The molecule has 4 rings (SSSR count). The van der Waals surface area contributed by atoms with Crippen LogP contribution in [-0.4, -0.2) is 34.6 Å². The molecule has 154 valence electrons. The summed E-state index contributed by atoms with van der Waals surface area (Å²) in [6.07, 6.45) is 0. The average Bonchev–Trinajstić information content (AvgIpc) is 2.80. The minimum Gasteiger partial charge on any atom is -0.467 e. The molecule has 0 aliphatic heterocycles. The van der Waals surface area contributed by atoms with Gasteiger partial charge < -0.3 is 23.7 Å². The van der Waals surface area contributed by atoms with Gasteiger partial charge in [0.15, 0.2) is 13.6 Å². The second-order valence-electron chi connectivity index (χ2n) is 6.74. The molecule has 5 heteroatoms. The van der Waals surface area contributed by atoms with Gasteiger partial charge in [-0.1, -0.05) is 60.7 Å². The fraction of sp³-hybridized carbons (Fsp3) is 0.200. The van der Waals surface area contributed by atoms with Gasteiger partial charge in [-0.2, -0.15) is 0 Å². The van der Waals surface area contributed by atoms with E-state index in [2.05, 4.69) is 30.3 Å². The highest BCUT2D eigenvalue weighted by atomic mass is 16.7. The third kappa shape index (κ3) is 4.09. The highest BCUT2D eigenvalue weighted by Crippen LogP contribution is 2.45. The molecule has 0 unspecified atom stereocenters. The average molecular weight is 404 g/mol. The summed E-state index contributed by atoms with van der Waals surface area (Å²) in [5, 5.41) is 4.38. The first kappa shape index (κ1) is 20.2. The molecule has 0 aliphatic carbocycles. The van der Waals surface area contributed by atoms with Crippen molar-refractivity contribution in [1.29, 1.82) is 0 Å². The number of fused-ring (bicyclic) bond motifs is 2. The molecule has 0 spiro atoms. The minimum atomic E-state index is 0.0816. The summed E-state index contributed by atoms with van der Waals surface area (Å²) in [6, 6.07) is 24.5. The molecule has 0 atom stereocenters. The van der Waals surface area contributed by atoms with E-state index in [-0.39, 0.29) is 20.4 Å². The highest BCUT2D eigenvalue weighted by molar-refractivity contribution is 6.09. The number of ether oxygens (including phenoxy) is 5. The molecule has 0 aromatic heterocycles. The number of benzene rings is 4. The van der Waals surface area contributed by atoms with Gasteiger partial charge in [-0.05, 0) is 33.7 Å². The van der Waals surface area contributed by atoms with Gasteiger partial charge >= 0.3 is 0 Å². The Balaban J connectivity index is 1.96. The van der Waals surface area contributed by atoms with E-state index in [1.165, 1.54) is 0 Å². The topological polar surface area (TPSA) is 46.2 Å². The van der Waals surface area contributed by atoms with E-state index in [0.717, 1.165) is 38.4 Å². The molecule has 0 N–H and O–H groups in total. The van der Waals surface area contributed by atoms with Crippen LogP contribution in [0.25, 0.3) is 32.7 Å². The largest absolute Gasteiger partial charge is 0.467 e. The summed E-state index contributed by atoms with van der Waals surface area (Å²) in [5.74, 6) is 1.44. The number of hydrogen-bond acceptors (Lipinski definition) is 5. The van der Waals surface area contributed by atoms with Crippen LogP contribution in [0.1, 0.15) is 0 Å². The van der Waals surface area contributed by atoms with E-state index in [1.807, 2.05) is 42.5 Å². The van der Waals surface area contributed by atoms with Gasteiger partial charge in [0.1, 0.15) is 18.3 Å². The first-order valence-electron chi connectivity index (χ1n) is 9.68. The predicted octanol–water partition coefficient (Wildman–Crippen LogP) is 5.60. The summed E-state index contributed by atoms with van der Waals surface area (Å²) >= 11 is 0. The SMILES string of the molecule is COCOCOc1ccc2ccccc2c1-c1c(OCOC)ccc2ccccc12. The maximum Gasteiger partial charge on any atom is 0.191 e. The van der Waals surface area contributed by atoms with Crippen LogP contribution in [0.5, 0.6) is 11.5 Å². The molecule has 4 aromatic rings. The second kappa shape index (κ2) is 9.59. The molecule has 0 amide bonds. The maximum absolute atomic E-state index is 6.02. The predicted molar refractivity (Wildman–Crippen MR) is 118 cm³/mol. The molecule has 0 aliphatic rings. The molecule has 4 aromatic carbocycles. The van der Waals surface area contributed by atoms with Crippen molar-refractivity contribution in [2.75, 3.05) is 34.6 Å². The summed E-state index contributed by atoms with van der Waals surface area (Å²) in [7, 11) is 3.19. The van der Waals surface area contributed by atoms with E-state index in [4.69, 9.17) is 23.7 Å². The summed E-state index contributed by atoms with van der Waals surface area (Å²) in [6.45, 7) is 0.404. The van der Waals surface area contributed by atoms with Crippen molar-refractivity contribution in [2.45, 2.75) is 0 Å². The number of hydrogen-bond donors (Lipinski definition) is 0. The van der Waals surface area contributed by atoms with Gasteiger partial charge in [-0.25, -0.2) is 0 Å². The van der Waals surface area contributed by atoms with Gasteiger partial charge in [-0.3, -0.25) is 0 Å². The van der Waals surface area contributed by atoms with E-state index in [0.29, 0.717) is 5.75 Å². The fourth-order valence-corrected chi connectivity index (χ4v) is 3.60. The molecular formula is C25H24O5. The Hall–Kier alpha value is -3.12. The monoisotopic (exact) mass is 404 g/mol. The first-order valence-corrected chi connectivity index (χ1v) is 9.68. The summed E-state index contributed by atoms with van der Waals surface area (Å²) in [5.41, 5.74) is 1.92. The Morgan fingerprint density at radius 2 is 1.03 bits per heavy atom. The number of rotatable bonds is 9. The molecule has 0 fully saturated rings. The van der Waals surface area contributed by atoms with Gasteiger partial charge in [0.05, 0.1) is 0 Å². The number of methoxy groups -OCH3 is 2. The second-order valence-corrected chi connectivity index (χ2v) is 6.74. The van der Waals surface area contributed by atoms with Crippen LogP contribution in [0.3, 0.4) is 0 Å². The van der Waals surface area contributed by atoms with Crippen LogP contribution in [0.4, 0.5) is 0 Å². The van der Waals surface area contributed by atoms with Gasteiger partial charge in [0.25, 0.3) is 0 Å². The molecule has 0 saturated heterocycles. The Labute approximate surface area is 175 Å². The molecule has 30 heavy (non-hydrogen) atoms. The third-order valence-electron chi connectivity index (χ3n) is 4.86. The van der Waals surface area contributed by atoms with Crippen LogP contribution in [0.15, 0.2) is 72.8 Å². The molecular weight excluding hydrogens is 380 g/mol. The smallest absolute Gasteiger partial charge is 0.191 e. The highest BCUT2D eigenvalue weighted by Gasteiger charge is 2.19. The zero-order valence-electron chi connectivity index (χ0n) is 17.1. The molecule has 5 nitrogen and oxygen atoms in total. The van der Waals surface area contributed by atoms with Crippen LogP contribution < -0.4 is 9.47 Å². The van der Waals surface area contributed by atoms with Crippen molar-refractivity contribution in [3.05, 3.63) is 72.8 Å². The fourth-order valence-electron chi connectivity index (χ4n) is 3.60. The van der Waals surface area contributed by atoms with Crippen molar-refractivity contribution in [3.8, 4) is 22.6 Å². The van der Waals surface area contributed by atoms with Gasteiger partial charge in [0.2, 0.25) is 0 Å². The van der Waals surface area contributed by atoms with Crippen LogP contribution in [0.2, 0.25) is 0 Å². The Morgan fingerprint density at radius 1 is 0.533 bits per heavy atom. The Morgan fingerprint density at radius 3 is 1.57 bits per heavy atom. The van der Waals surface area contributed by atoms with Crippen molar-refractivity contribution in [3.63, 3.8) is 0 Å². The molecule has 0 radical (unpaired) electrons.